The molecule has 1 aromatic rings. The Balaban J connectivity index is 3.23. The van der Waals surface area contributed by atoms with E-state index in [0.717, 1.165) is 13.1 Å². The van der Waals surface area contributed by atoms with Gasteiger partial charge in [-0.3, -0.25) is 5.43 Å². The molecule has 1 aromatic heterocycles. The van der Waals surface area contributed by atoms with Crippen molar-refractivity contribution in [3.63, 3.8) is 0 Å². The van der Waals surface area contributed by atoms with Crippen molar-refractivity contribution in [1.82, 2.24) is 15.0 Å². The molecule has 0 atom stereocenters. The van der Waals surface area contributed by atoms with Crippen LogP contribution in [0.25, 0.3) is 0 Å². The summed E-state index contributed by atoms with van der Waals surface area (Å²) in [4.78, 5) is 16.8. The van der Waals surface area contributed by atoms with E-state index in [2.05, 4.69) is 20.4 Å². The lowest BCUT2D eigenvalue weighted by atomic mass is 10.1. The van der Waals surface area contributed by atoms with Crippen LogP contribution in [0.2, 0.25) is 0 Å². The van der Waals surface area contributed by atoms with Crippen molar-refractivity contribution in [1.29, 1.82) is 0 Å². The fraction of sp³-hybridized carbons (Fsp3) is 0.750. The summed E-state index contributed by atoms with van der Waals surface area (Å²) >= 11 is 0. The van der Waals surface area contributed by atoms with Gasteiger partial charge in [0.1, 0.15) is 0 Å². The first-order chi connectivity index (χ1) is 9.39. The molecule has 0 spiro atoms. The highest BCUT2D eigenvalue weighted by Crippen LogP contribution is 2.21. The Hall–Kier alpha value is -1.67. The standard InChI is InChI=1S/C12H25N7O/c1-6-19(7-2)11-15-9(17-13)14-10(16-11)18(5)12(3,4)8-20/h20H,6-8,13H2,1-5H3,(H,14,15,16,17). The summed E-state index contributed by atoms with van der Waals surface area (Å²) in [6, 6.07) is 0. The molecule has 20 heavy (non-hydrogen) atoms. The zero-order chi connectivity index (χ0) is 15.3. The smallest absolute Gasteiger partial charge is 0.243 e. The van der Waals surface area contributed by atoms with Crippen LogP contribution in [0.3, 0.4) is 0 Å². The Morgan fingerprint density at radius 1 is 1.15 bits per heavy atom. The normalized spacial score (nSPS) is 11.3. The van der Waals surface area contributed by atoms with Crippen LogP contribution in [0.1, 0.15) is 27.7 Å². The number of aliphatic hydroxyl groups excluding tert-OH is 1. The van der Waals surface area contributed by atoms with Gasteiger partial charge in [0.25, 0.3) is 0 Å². The van der Waals surface area contributed by atoms with Gasteiger partial charge in [0.15, 0.2) is 0 Å². The highest BCUT2D eigenvalue weighted by atomic mass is 16.3. The molecule has 0 saturated carbocycles. The molecule has 4 N–H and O–H groups in total. The lowest BCUT2D eigenvalue weighted by molar-refractivity contribution is 0.215. The van der Waals surface area contributed by atoms with E-state index in [0.29, 0.717) is 17.8 Å². The van der Waals surface area contributed by atoms with E-state index in [-0.39, 0.29) is 6.61 Å². The Labute approximate surface area is 120 Å². The maximum atomic E-state index is 9.46. The third-order valence-electron chi connectivity index (χ3n) is 3.38. The highest BCUT2D eigenvalue weighted by Gasteiger charge is 2.26. The van der Waals surface area contributed by atoms with E-state index in [1.54, 1.807) is 0 Å². The van der Waals surface area contributed by atoms with Crippen molar-refractivity contribution < 1.29 is 5.11 Å². The van der Waals surface area contributed by atoms with Crippen molar-refractivity contribution >= 4 is 17.8 Å². The van der Waals surface area contributed by atoms with Gasteiger partial charge in [-0.2, -0.15) is 15.0 Å². The number of anilines is 3. The van der Waals surface area contributed by atoms with Gasteiger partial charge in [-0.25, -0.2) is 5.84 Å². The summed E-state index contributed by atoms with van der Waals surface area (Å²) in [6.07, 6.45) is 0. The Morgan fingerprint density at radius 2 is 1.70 bits per heavy atom. The summed E-state index contributed by atoms with van der Waals surface area (Å²) in [7, 11) is 1.83. The number of rotatable bonds is 7. The van der Waals surface area contributed by atoms with Crippen LogP contribution in [0.4, 0.5) is 17.8 Å². The van der Waals surface area contributed by atoms with Gasteiger partial charge < -0.3 is 14.9 Å². The van der Waals surface area contributed by atoms with Gasteiger partial charge >= 0.3 is 0 Å². The number of likely N-dealkylation sites (N-methyl/N-ethyl adjacent to an activating group) is 1. The van der Waals surface area contributed by atoms with Gasteiger partial charge in [-0.05, 0) is 27.7 Å². The quantitative estimate of drug-likeness (QED) is 0.482. The van der Waals surface area contributed by atoms with Crippen LogP contribution in [0.15, 0.2) is 0 Å². The van der Waals surface area contributed by atoms with E-state index in [4.69, 9.17) is 5.84 Å². The molecule has 0 fully saturated rings. The number of nitrogens with zero attached hydrogens (tertiary/aromatic N) is 5. The van der Waals surface area contributed by atoms with Crippen LogP contribution in [-0.4, -0.2) is 52.3 Å². The predicted octanol–water partition coefficient (Wildman–Crippen LogP) is 0.211. The number of aromatic nitrogens is 3. The molecule has 0 bridgehead atoms. The van der Waals surface area contributed by atoms with Gasteiger partial charge in [-0.1, -0.05) is 0 Å². The first-order valence-corrected chi connectivity index (χ1v) is 6.71. The molecule has 1 rings (SSSR count). The Morgan fingerprint density at radius 3 is 2.15 bits per heavy atom. The second-order valence-corrected chi connectivity index (χ2v) is 5.11. The minimum Gasteiger partial charge on any atom is -0.394 e. The lowest BCUT2D eigenvalue weighted by Crippen LogP contribution is -2.45. The average Bonchev–Trinajstić information content (AvgIpc) is 2.47. The summed E-state index contributed by atoms with van der Waals surface area (Å²) in [5.41, 5.74) is 1.98. The molecule has 8 heteroatoms. The highest BCUT2D eigenvalue weighted by molar-refractivity contribution is 5.45. The van der Waals surface area contributed by atoms with Crippen molar-refractivity contribution in [2.24, 2.45) is 5.84 Å². The second-order valence-electron chi connectivity index (χ2n) is 5.11. The van der Waals surface area contributed by atoms with Crippen LogP contribution in [0.5, 0.6) is 0 Å². The molecule has 0 saturated heterocycles. The van der Waals surface area contributed by atoms with Crippen LogP contribution in [-0.2, 0) is 0 Å². The molecular weight excluding hydrogens is 258 g/mol. The summed E-state index contributed by atoms with van der Waals surface area (Å²) in [5, 5.41) is 9.46. The Bertz CT molecular complexity index is 434. The number of nitrogen functional groups attached to an aromatic ring is 1. The predicted molar refractivity (Wildman–Crippen MR) is 80.8 cm³/mol. The second kappa shape index (κ2) is 6.67. The van der Waals surface area contributed by atoms with Gasteiger partial charge in [0.05, 0.1) is 12.1 Å². The van der Waals surface area contributed by atoms with E-state index < -0.39 is 5.54 Å². The van der Waals surface area contributed by atoms with Crippen LogP contribution < -0.4 is 21.1 Å². The first-order valence-electron chi connectivity index (χ1n) is 6.71. The number of nitrogens with one attached hydrogen (secondary N) is 1. The van der Waals surface area contributed by atoms with E-state index in [9.17, 15) is 5.11 Å². The van der Waals surface area contributed by atoms with Crippen molar-refractivity contribution in [2.75, 3.05) is 42.0 Å². The summed E-state index contributed by atoms with van der Waals surface area (Å²) in [6.45, 7) is 9.44. The Kier molecular flexibility index (Phi) is 5.46. The molecule has 0 radical (unpaired) electrons. The number of aliphatic hydroxyl groups is 1. The van der Waals surface area contributed by atoms with Crippen molar-refractivity contribution in [3.8, 4) is 0 Å². The molecule has 0 unspecified atom stereocenters. The van der Waals surface area contributed by atoms with E-state index in [1.165, 1.54) is 0 Å². The molecule has 0 aliphatic rings. The maximum absolute atomic E-state index is 9.46. The minimum atomic E-state index is -0.478. The fourth-order valence-electron chi connectivity index (χ4n) is 1.59. The third-order valence-corrected chi connectivity index (χ3v) is 3.38. The van der Waals surface area contributed by atoms with E-state index >= 15 is 0 Å². The number of hydrogen-bond donors (Lipinski definition) is 3. The fourth-order valence-corrected chi connectivity index (χ4v) is 1.59. The molecule has 1 heterocycles. The number of nitrogens with two attached hydrogens (primary N) is 1. The SMILES string of the molecule is CCN(CC)c1nc(NN)nc(N(C)C(C)(C)CO)n1. The average molecular weight is 283 g/mol. The summed E-state index contributed by atoms with van der Waals surface area (Å²) in [5.74, 6) is 6.76. The third kappa shape index (κ3) is 3.45. The van der Waals surface area contributed by atoms with Crippen molar-refractivity contribution in [2.45, 2.75) is 33.2 Å². The first kappa shape index (κ1) is 16.4. The van der Waals surface area contributed by atoms with Gasteiger partial charge in [-0.15, -0.1) is 0 Å². The van der Waals surface area contributed by atoms with Crippen LogP contribution >= 0.6 is 0 Å². The van der Waals surface area contributed by atoms with Gasteiger partial charge in [0, 0.05) is 20.1 Å². The molecular formula is C12H25N7O. The number of hydrogen-bond acceptors (Lipinski definition) is 8. The zero-order valence-electron chi connectivity index (χ0n) is 12.9. The lowest BCUT2D eigenvalue weighted by Gasteiger charge is -2.34. The summed E-state index contributed by atoms with van der Waals surface area (Å²) < 4.78 is 0. The topological polar surface area (TPSA) is 103 Å². The van der Waals surface area contributed by atoms with Crippen molar-refractivity contribution in [3.05, 3.63) is 0 Å². The molecule has 0 aliphatic heterocycles. The maximum Gasteiger partial charge on any atom is 0.243 e. The van der Waals surface area contributed by atoms with Gasteiger partial charge in [0.2, 0.25) is 17.8 Å². The number of hydrazine groups is 1. The zero-order valence-corrected chi connectivity index (χ0v) is 12.9. The molecule has 0 amide bonds. The molecule has 0 aliphatic carbocycles. The monoisotopic (exact) mass is 283 g/mol. The van der Waals surface area contributed by atoms with Crippen LogP contribution in [0, 0.1) is 0 Å². The molecule has 8 nitrogen and oxygen atoms in total. The minimum absolute atomic E-state index is 0.0127. The molecule has 0 aromatic carbocycles. The van der Waals surface area contributed by atoms with E-state index in [1.807, 2.05) is 44.5 Å². The molecule has 114 valence electrons. The largest absolute Gasteiger partial charge is 0.394 e.